The van der Waals surface area contributed by atoms with E-state index >= 15 is 0 Å². The Morgan fingerprint density at radius 3 is 2.35 bits per heavy atom. The van der Waals surface area contributed by atoms with Crippen molar-refractivity contribution >= 4 is 0 Å². The van der Waals surface area contributed by atoms with Crippen LogP contribution in [0.15, 0.2) is 48.5 Å². The molecule has 0 spiro atoms. The second-order valence-corrected chi connectivity index (χ2v) is 6.45. The van der Waals surface area contributed by atoms with Crippen LogP contribution in [0.4, 0.5) is 4.39 Å². The molecule has 3 rings (SSSR count). The van der Waals surface area contributed by atoms with Crippen molar-refractivity contribution in [3.8, 4) is 11.1 Å². The summed E-state index contributed by atoms with van der Waals surface area (Å²) in [6, 6.07) is 15.3. The van der Waals surface area contributed by atoms with E-state index in [9.17, 15) is 9.50 Å². The summed E-state index contributed by atoms with van der Waals surface area (Å²) in [6.45, 7) is 1.06. The molecule has 1 fully saturated rings. The van der Waals surface area contributed by atoms with Gasteiger partial charge in [-0.2, -0.15) is 0 Å². The van der Waals surface area contributed by atoms with E-state index in [0.717, 1.165) is 12.1 Å². The van der Waals surface area contributed by atoms with E-state index in [1.165, 1.54) is 11.6 Å². The zero-order valence-corrected chi connectivity index (χ0v) is 13.5. The molecule has 0 radical (unpaired) electrons. The molecule has 0 amide bonds. The Balaban J connectivity index is 1.82. The molecule has 2 aromatic carbocycles. The molecule has 3 nitrogen and oxygen atoms in total. The van der Waals surface area contributed by atoms with Gasteiger partial charge in [-0.15, -0.1) is 0 Å². The van der Waals surface area contributed by atoms with Gasteiger partial charge in [0, 0.05) is 30.1 Å². The highest BCUT2D eigenvalue weighted by Crippen LogP contribution is 2.33. The summed E-state index contributed by atoms with van der Waals surface area (Å²) in [4.78, 5) is 2.14. The number of likely N-dealkylation sites (N-methyl/N-ethyl adjacent to an activating group) is 1. The minimum absolute atomic E-state index is 0.0965. The van der Waals surface area contributed by atoms with Crippen molar-refractivity contribution in [2.75, 3.05) is 27.2 Å². The number of aliphatic hydroxyl groups excluding tert-OH is 1. The first kappa shape index (κ1) is 16.1. The molecule has 0 aliphatic carbocycles. The minimum atomic E-state index is -0.204. The normalized spacial score (nSPS) is 23.8. The van der Waals surface area contributed by atoms with Crippen LogP contribution in [-0.4, -0.2) is 49.3 Å². The van der Waals surface area contributed by atoms with Crippen LogP contribution in [0.5, 0.6) is 0 Å². The molecule has 1 aliphatic heterocycles. The predicted molar refractivity (Wildman–Crippen MR) is 90.9 cm³/mol. The predicted octanol–water partition coefficient (Wildman–Crippen LogP) is 2.47. The molecule has 4 heteroatoms. The van der Waals surface area contributed by atoms with Crippen molar-refractivity contribution in [3.05, 3.63) is 59.9 Å². The number of hydrogen-bond acceptors (Lipinski definition) is 3. The first-order valence-corrected chi connectivity index (χ1v) is 7.96. The fraction of sp³-hybridized carbons (Fsp3) is 0.368. The smallest absolute Gasteiger partial charge is 0.131 e. The summed E-state index contributed by atoms with van der Waals surface area (Å²) >= 11 is 0. The molecule has 122 valence electrons. The molecule has 1 aliphatic rings. The van der Waals surface area contributed by atoms with E-state index in [2.05, 4.69) is 22.3 Å². The van der Waals surface area contributed by atoms with Crippen LogP contribution in [-0.2, 0) is 0 Å². The zero-order chi connectivity index (χ0) is 16.4. The van der Waals surface area contributed by atoms with Gasteiger partial charge < -0.3 is 15.3 Å². The van der Waals surface area contributed by atoms with Gasteiger partial charge in [0.05, 0.1) is 6.61 Å². The summed E-state index contributed by atoms with van der Waals surface area (Å²) in [6.07, 6.45) is 0. The average molecular weight is 314 g/mol. The largest absolute Gasteiger partial charge is 0.395 e. The number of nitrogens with one attached hydrogen (secondary N) is 1. The minimum Gasteiger partial charge on any atom is -0.395 e. The topological polar surface area (TPSA) is 35.5 Å². The fourth-order valence-electron chi connectivity index (χ4n) is 3.41. The van der Waals surface area contributed by atoms with Crippen molar-refractivity contribution in [3.63, 3.8) is 0 Å². The van der Waals surface area contributed by atoms with Gasteiger partial charge in [-0.05, 0) is 31.3 Å². The van der Waals surface area contributed by atoms with Gasteiger partial charge in [0.2, 0.25) is 0 Å². The van der Waals surface area contributed by atoms with E-state index in [1.54, 1.807) is 12.1 Å². The Labute approximate surface area is 136 Å². The van der Waals surface area contributed by atoms with Crippen LogP contribution in [0.3, 0.4) is 0 Å². The van der Waals surface area contributed by atoms with Gasteiger partial charge in [0.25, 0.3) is 0 Å². The van der Waals surface area contributed by atoms with Crippen LogP contribution in [0.25, 0.3) is 11.1 Å². The Morgan fingerprint density at radius 1 is 1.04 bits per heavy atom. The first-order valence-electron chi connectivity index (χ1n) is 7.96. The summed E-state index contributed by atoms with van der Waals surface area (Å²) in [5.74, 6) is 0.0846. The third-order valence-corrected chi connectivity index (χ3v) is 4.53. The Kier molecular flexibility index (Phi) is 4.76. The molecule has 1 heterocycles. The highest BCUT2D eigenvalue weighted by atomic mass is 19.1. The maximum Gasteiger partial charge on any atom is 0.131 e. The lowest BCUT2D eigenvalue weighted by Gasteiger charge is -2.47. The third-order valence-electron chi connectivity index (χ3n) is 4.53. The zero-order valence-electron chi connectivity index (χ0n) is 13.5. The van der Waals surface area contributed by atoms with Gasteiger partial charge in [0.1, 0.15) is 5.82 Å². The number of benzene rings is 2. The van der Waals surface area contributed by atoms with Gasteiger partial charge in [-0.25, -0.2) is 4.39 Å². The highest BCUT2D eigenvalue weighted by molar-refractivity contribution is 5.64. The van der Waals surface area contributed by atoms with Crippen molar-refractivity contribution in [1.82, 2.24) is 10.2 Å². The number of aliphatic hydroxyl groups is 1. The van der Waals surface area contributed by atoms with E-state index in [1.807, 2.05) is 32.3 Å². The lowest BCUT2D eigenvalue weighted by atomic mass is 9.77. The maximum atomic E-state index is 13.9. The van der Waals surface area contributed by atoms with Crippen LogP contribution in [0.2, 0.25) is 0 Å². The van der Waals surface area contributed by atoms with Crippen molar-refractivity contribution < 1.29 is 9.50 Å². The van der Waals surface area contributed by atoms with Crippen molar-refractivity contribution in [1.29, 1.82) is 0 Å². The van der Waals surface area contributed by atoms with Crippen LogP contribution < -0.4 is 5.32 Å². The Bertz CT molecular complexity index is 657. The monoisotopic (exact) mass is 314 g/mol. The van der Waals surface area contributed by atoms with Gasteiger partial charge in [-0.3, -0.25) is 0 Å². The molecular formula is C19H23FN2O. The second-order valence-electron chi connectivity index (χ2n) is 6.45. The summed E-state index contributed by atoms with van der Waals surface area (Å²) in [7, 11) is 4.10. The average Bonchev–Trinajstić information content (AvgIpc) is 2.52. The van der Waals surface area contributed by atoms with Gasteiger partial charge >= 0.3 is 0 Å². The number of nitrogens with zero attached hydrogens (tertiary/aromatic N) is 1. The molecule has 2 aromatic rings. The van der Waals surface area contributed by atoms with E-state index in [-0.39, 0.29) is 24.4 Å². The SMILES string of the molecule is CN(C)C[C@@H]1N[C@@H](CO)[C@H]1c1ccc(-c2ccccc2F)cc1. The van der Waals surface area contributed by atoms with Crippen molar-refractivity contribution in [2.45, 2.75) is 18.0 Å². The third kappa shape index (κ3) is 3.29. The van der Waals surface area contributed by atoms with Crippen LogP contribution >= 0.6 is 0 Å². The molecule has 0 saturated carbocycles. The first-order chi connectivity index (χ1) is 11.1. The molecule has 0 bridgehead atoms. The molecule has 0 unspecified atom stereocenters. The molecule has 23 heavy (non-hydrogen) atoms. The maximum absolute atomic E-state index is 13.9. The quantitative estimate of drug-likeness (QED) is 0.890. The lowest BCUT2D eigenvalue weighted by Crippen LogP contribution is -2.64. The highest BCUT2D eigenvalue weighted by Gasteiger charge is 2.40. The Hall–Kier alpha value is -1.75. The second kappa shape index (κ2) is 6.79. The number of halogens is 1. The molecular weight excluding hydrogens is 291 g/mol. The number of rotatable bonds is 5. The summed E-state index contributed by atoms with van der Waals surface area (Å²) in [5, 5.41) is 12.9. The molecule has 0 aromatic heterocycles. The standard InChI is InChI=1S/C19H23FN2O/c1-22(2)11-17-19(18(12-23)21-17)14-9-7-13(8-10-14)15-5-3-4-6-16(15)20/h3-10,17-19,21,23H,11-12H2,1-2H3/t17-,18-,19-/m0/s1. The molecule has 1 saturated heterocycles. The number of hydrogen-bond donors (Lipinski definition) is 2. The van der Waals surface area contributed by atoms with Crippen molar-refractivity contribution in [2.24, 2.45) is 0 Å². The van der Waals surface area contributed by atoms with Crippen LogP contribution in [0.1, 0.15) is 11.5 Å². The molecule has 3 atom stereocenters. The van der Waals surface area contributed by atoms with E-state index in [0.29, 0.717) is 11.6 Å². The van der Waals surface area contributed by atoms with Gasteiger partial charge in [-0.1, -0.05) is 42.5 Å². The Morgan fingerprint density at radius 2 is 1.74 bits per heavy atom. The molecule has 2 N–H and O–H groups in total. The summed E-state index contributed by atoms with van der Waals surface area (Å²) in [5.41, 5.74) is 2.69. The lowest BCUT2D eigenvalue weighted by molar-refractivity contribution is 0.110. The summed E-state index contributed by atoms with van der Waals surface area (Å²) < 4.78 is 13.9. The van der Waals surface area contributed by atoms with Crippen LogP contribution in [0, 0.1) is 5.82 Å². The van der Waals surface area contributed by atoms with E-state index < -0.39 is 0 Å². The van der Waals surface area contributed by atoms with E-state index in [4.69, 9.17) is 0 Å². The fourth-order valence-corrected chi connectivity index (χ4v) is 3.41. The van der Waals surface area contributed by atoms with Gasteiger partial charge in [0.15, 0.2) is 0 Å².